The fourth-order valence-electron chi connectivity index (χ4n) is 3.07. The number of thiophene rings is 1. The lowest BCUT2D eigenvalue weighted by atomic mass is 10.0. The fourth-order valence-corrected chi connectivity index (χ4v) is 4.21. The first kappa shape index (κ1) is 14.6. The molecule has 0 spiro atoms. The van der Waals surface area contributed by atoms with Crippen molar-refractivity contribution in [2.24, 2.45) is 0 Å². The molecule has 0 unspecified atom stereocenters. The van der Waals surface area contributed by atoms with Gasteiger partial charge in [0.25, 0.3) is 0 Å². The number of nitrogens with zero attached hydrogens (tertiary/aromatic N) is 2. The Kier molecular flexibility index (Phi) is 3.36. The minimum absolute atomic E-state index is 0.217. The molecule has 0 radical (unpaired) electrons. The van der Waals surface area contributed by atoms with Gasteiger partial charge in [-0.1, -0.05) is 17.7 Å². The van der Waals surface area contributed by atoms with Crippen LogP contribution in [0.4, 0.5) is 0 Å². The highest BCUT2D eigenvalue weighted by molar-refractivity contribution is 7.16. The van der Waals surface area contributed by atoms with E-state index in [-0.39, 0.29) is 5.56 Å². The van der Waals surface area contributed by atoms with Crippen LogP contribution in [0.3, 0.4) is 0 Å². The molecule has 4 nitrogen and oxygen atoms in total. The topological polar surface area (TPSA) is 63.1 Å². The second kappa shape index (κ2) is 5.28. The molecule has 1 saturated carbocycles. The predicted octanol–water partition coefficient (Wildman–Crippen LogP) is 4.62. The molecule has 4 rings (SSSR count). The minimum atomic E-state index is -0.961. The summed E-state index contributed by atoms with van der Waals surface area (Å²) in [7, 11) is 0. The number of rotatable bonds is 3. The molecular weight excluding hydrogens is 332 g/mol. The molecule has 2 heterocycles. The summed E-state index contributed by atoms with van der Waals surface area (Å²) in [5, 5.41) is 12.7. The van der Waals surface area contributed by atoms with Gasteiger partial charge in [-0.25, -0.2) is 14.8 Å². The molecule has 2 aromatic heterocycles. The van der Waals surface area contributed by atoms with Gasteiger partial charge in [0.15, 0.2) is 0 Å². The van der Waals surface area contributed by atoms with E-state index in [4.69, 9.17) is 16.7 Å². The molecule has 3 aromatic rings. The number of carboxylic acids is 1. The van der Waals surface area contributed by atoms with Crippen molar-refractivity contribution in [3.05, 3.63) is 57.3 Å². The van der Waals surface area contributed by atoms with E-state index in [1.54, 1.807) is 17.4 Å². The van der Waals surface area contributed by atoms with Crippen LogP contribution in [0.1, 0.15) is 45.7 Å². The van der Waals surface area contributed by atoms with Gasteiger partial charge in [-0.2, -0.15) is 0 Å². The molecule has 1 aliphatic rings. The number of aromatic carboxylic acids is 1. The lowest BCUT2D eigenvalue weighted by Gasteiger charge is -2.06. The van der Waals surface area contributed by atoms with E-state index in [1.807, 2.05) is 18.4 Å². The van der Waals surface area contributed by atoms with Gasteiger partial charge in [-0.05, 0) is 48.4 Å². The molecule has 2 atom stereocenters. The Labute approximate surface area is 141 Å². The predicted molar refractivity (Wildman–Crippen MR) is 90.7 cm³/mol. The summed E-state index contributed by atoms with van der Waals surface area (Å²) in [6.45, 7) is 1.91. The number of fused-ring (bicyclic) bond motifs is 1. The normalized spacial score (nSPS) is 19.9. The van der Waals surface area contributed by atoms with Crippen molar-refractivity contribution in [3.8, 4) is 0 Å². The summed E-state index contributed by atoms with van der Waals surface area (Å²) >= 11 is 7.92. The zero-order valence-electron chi connectivity index (χ0n) is 12.3. The zero-order valence-corrected chi connectivity index (χ0v) is 13.9. The first-order valence-corrected chi connectivity index (χ1v) is 8.55. The molecule has 1 aliphatic carbocycles. The number of carboxylic acid groups (broad SMARTS) is 1. The number of carbonyl (C=O) groups is 1. The Morgan fingerprint density at radius 3 is 2.87 bits per heavy atom. The Balaban J connectivity index is 1.70. The molecular formula is C17H13ClN2O2S. The Hall–Kier alpha value is -1.98. The molecule has 1 N–H and O–H groups in total. The van der Waals surface area contributed by atoms with E-state index in [0.717, 1.165) is 33.7 Å². The van der Waals surface area contributed by atoms with Gasteiger partial charge < -0.3 is 5.11 Å². The number of benzene rings is 1. The third-order valence-electron chi connectivity index (χ3n) is 4.25. The van der Waals surface area contributed by atoms with Crippen LogP contribution in [-0.4, -0.2) is 21.0 Å². The van der Waals surface area contributed by atoms with Crippen LogP contribution in [0.5, 0.6) is 0 Å². The monoisotopic (exact) mass is 344 g/mol. The van der Waals surface area contributed by atoms with Gasteiger partial charge in [-0.3, -0.25) is 0 Å². The molecule has 1 aromatic carbocycles. The SMILES string of the molecule is Cc1nc([C@H]2C[C@@H]2c2ccc(C(=O)O)cc2Cl)c2ccsc2n1. The maximum absolute atomic E-state index is 11.0. The van der Waals surface area contributed by atoms with Crippen molar-refractivity contribution in [2.45, 2.75) is 25.2 Å². The number of aryl methyl sites for hydroxylation is 1. The van der Waals surface area contributed by atoms with Crippen LogP contribution in [0, 0.1) is 6.92 Å². The third-order valence-corrected chi connectivity index (χ3v) is 5.39. The Bertz CT molecular complexity index is 937. The van der Waals surface area contributed by atoms with Crippen LogP contribution >= 0.6 is 22.9 Å². The molecule has 6 heteroatoms. The molecule has 0 amide bonds. The average Bonchev–Trinajstić information content (AvgIpc) is 3.15. The van der Waals surface area contributed by atoms with Crippen LogP contribution in [-0.2, 0) is 0 Å². The summed E-state index contributed by atoms with van der Waals surface area (Å²) in [4.78, 5) is 21.1. The highest BCUT2D eigenvalue weighted by Gasteiger charge is 2.43. The fraction of sp³-hybridized carbons (Fsp3) is 0.235. The molecule has 116 valence electrons. The van der Waals surface area contributed by atoms with Gasteiger partial charge in [0.05, 0.1) is 11.3 Å². The van der Waals surface area contributed by atoms with Crippen LogP contribution < -0.4 is 0 Å². The van der Waals surface area contributed by atoms with Gasteiger partial charge in [-0.15, -0.1) is 11.3 Å². The summed E-state index contributed by atoms with van der Waals surface area (Å²) in [6.07, 6.45) is 0.980. The molecule has 23 heavy (non-hydrogen) atoms. The largest absolute Gasteiger partial charge is 0.478 e. The number of aromatic nitrogens is 2. The van der Waals surface area contributed by atoms with E-state index in [1.165, 1.54) is 6.07 Å². The molecule has 0 aliphatic heterocycles. The van der Waals surface area contributed by atoms with E-state index in [0.29, 0.717) is 16.9 Å². The summed E-state index contributed by atoms with van der Waals surface area (Å²) < 4.78 is 0. The Morgan fingerprint density at radius 2 is 2.13 bits per heavy atom. The van der Waals surface area contributed by atoms with Gasteiger partial charge >= 0.3 is 5.97 Å². The quantitative estimate of drug-likeness (QED) is 0.752. The number of hydrogen-bond donors (Lipinski definition) is 1. The number of hydrogen-bond acceptors (Lipinski definition) is 4. The smallest absolute Gasteiger partial charge is 0.335 e. The second-order valence-electron chi connectivity index (χ2n) is 5.79. The van der Waals surface area contributed by atoms with Crippen molar-refractivity contribution in [1.82, 2.24) is 9.97 Å². The zero-order chi connectivity index (χ0) is 16.1. The number of halogens is 1. The van der Waals surface area contributed by atoms with E-state index < -0.39 is 5.97 Å². The first-order chi connectivity index (χ1) is 11.0. The summed E-state index contributed by atoms with van der Waals surface area (Å²) in [5.41, 5.74) is 2.30. The standard InChI is InChI=1S/C17H13ClN2O2S/c1-8-19-15(11-4-5-23-16(11)20-8)13-7-12(13)10-3-2-9(17(21)22)6-14(10)18/h2-6,12-13H,7H2,1H3,(H,21,22)/t12-,13+/m1/s1. The summed E-state index contributed by atoms with van der Waals surface area (Å²) in [5.74, 6) is 0.440. The molecule has 0 saturated heterocycles. The second-order valence-corrected chi connectivity index (χ2v) is 7.09. The van der Waals surface area contributed by atoms with Crippen LogP contribution in [0.15, 0.2) is 29.6 Å². The van der Waals surface area contributed by atoms with Gasteiger partial charge in [0.1, 0.15) is 10.7 Å². The minimum Gasteiger partial charge on any atom is -0.478 e. The lowest BCUT2D eigenvalue weighted by molar-refractivity contribution is 0.0697. The van der Waals surface area contributed by atoms with E-state index >= 15 is 0 Å². The maximum Gasteiger partial charge on any atom is 0.335 e. The van der Waals surface area contributed by atoms with Gasteiger partial charge in [0.2, 0.25) is 0 Å². The molecule has 1 fully saturated rings. The highest BCUT2D eigenvalue weighted by Crippen LogP contribution is 2.56. The van der Waals surface area contributed by atoms with Crippen molar-refractivity contribution in [1.29, 1.82) is 0 Å². The van der Waals surface area contributed by atoms with E-state index in [2.05, 4.69) is 16.0 Å². The highest BCUT2D eigenvalue weighted by atomic mass is 35.5. The Morgan fingerprint density at radius 1 is 1.30 bits per heavy atom. The van der Waals surface area contributed by atoms with Gasteiger partial charge in [0, 0.05) is 16.3 Å². The van der Waals surface area contributed by atoms with Crippen LogP contribution in [0.2, 0.25) is 5.02 Å². The lowest BCUT2D eigenvalue weighted by Crippen LogP contribution is -1.98. The summed E-state index contributed by atoms with van der Waals surface area (Å²) in [6, 6.07) is 7.04. The average molecular weight is 345 g/mol. The van der Waals surface area contributed by atoms with Crippen molar-refractivity contribution < 1.29 is 9.90 Å². The van der Waals surface area contributed by atoms with Crippen molar-refractivity contribution in [3.63, 3.8) is 0 Å². The maximum atomic E-state index is 11.0. The third kappa shape index (κ3) is 2.50. The van der Waals surface area contributed by atoms with E-state index in [9.17, 15) is 4.79 Å². The van der Waals surface area contributed by atoms with Crippen LogP contribution in [0.25, 0.3) is 10.2 Å². The first-order valence-electron chi connectivity index (χ1n) is 7.29. The molecule has 0 bridgehead atoms. The van der Waals surface area contributed by atoms with Crippen molar-refractivity contribution in [2.75, 3.05) is 0 Å². The van der Waals surface area contributed by atoms with Crippen molar-refractivity contribution >= 4 is 39.1 Å².